The molecule has 27 heavy (non-hydrogen) atoms. The highest BCUT2D eigenvalue weighted by atomic mass is 16.5. The number of piperidine rings is 1. The SMILES string of the molecule is O=C1CCC(c2noc3cc(N4CC(CO)C4)c4ccccc4c23)C(=O)N1. The lowest BCUT2D eigenvalue weighted by molar-refractivity contribution is -0.134. The number of carbonyl (C=O) groups excluding carboxylic acids is 2. The molecule has 2 N–H and O–H groups in total. The largest absolute Gasteiger partial charge is 0.396 e. The summed E-state index contributed by atoms with van der Waals surface area (Å²) in [6.07, 6.45) is 0.740. The summed E-state index contributed by atoms with van der Waals surface area (Å²) in [5.74, 6) is -0.746. The quantitative estimate of drug-likeness (QED) is 0.689. The molecule has 1 unspecified atom stereocenters. The summed E-state index contributed by atoms with van der Waals surface area (Å²) >= 11 is 0. The number of anilines is 1. The molecule has 5 rings (SSSR count). The number of rotatable bonds is 3. The van der Waals surface area contributed by atoms with Gasteiger partial charge in [0.1, 0.15) is 5.69 Å². The van der Waals surface area contributed by atoms with Gasteiger partial charge in [-0.3, -0.25) is 14.9 Å². The summed E-state index contributed by atoms with van der Waals surface area (Å²) in [7, 11) is 0. The van der Waals surface area contributed by atoms with Gasteiger partial charge in [0.2, 0.25) is 11.8 Å². The Kier molecular flexibility index (Phi) is 3.65. The Morgan fingerprint density at radius 3 is 2.74 bits per heavy atom. The maximum atomic E-state index is 12.3. The molecule has 0 saturated carbocycles. The van der Waals surface area contributed by atoms with Gasteiger partial charge in [-0.2, -0.15) is 0 Å². The Bertz CT molecular complexity index is 1070. The summed E-state index contributed by atoms with van der Waals surface area (Å²) in [6.45, 7) is 1.80. The van der Waals surface area contributed by atoms with E-state index in [1.165, 1.54) is 0 Å². The van der Waals surface area contributed by atoms with Crippen molar-refractivity contribution >= 4 is 39.2 Å². The van der Waals surface area contributed by atoms with Crippen LogP contribution in [0.15, 0.2) is 34.9 Å². The summed E-state index contributed by atoms with van der Waals surface area (Å²) in [5, 5.41) is 18.8. The third-order valence-electron chi connectivity index (χ3n) is 5.61. The van der Waals surface area contributed by atoms with Crippen molar-refractivity contribution in [3.8, 4) is 0 Å². The van der Waals surface area contributed by atoms with Crippen LogP contribution in [-0.4, -0.2) is 41.8 Å². The van der Waals surface area contributed by atoms with E-state index in [1.807, 2.05) is 24.3 Å². The highest BCUT2D eigenvalue weighted by Gasteiger charge is 2.34. The second kappa shape index (κ2) is 6.06. The first-order chi connectivity index (χ1) is 13.2. The molecule has 3 aromatic rings. The molecule has 0 radical (unpaired) electrons. The first kappa shape index (κ1) is 16.3. The molecule has 1 aromatic heterocycles. The Labute approximate surface area is 154 Å². The molecule has 1 atom stereocenters. The number of nitrogens with one attached hydrogen (secondary N) is 1. The molecule has 0 bridgehead atoms. The standard InChI is InChI=1S/C20H19N3O4/c24-10-11-8-23(9-11)15-7-16-18(13-4-2-1-3-12(13)15)19(22-27-16)14-5-6-17(25)21-20(14)26/h1-4,7,11,14,24H,5-6,8-10H2,(H,21,25,26). The van der Waals surface area contributed by atoms with E-state index in [0.29, 0.717) is 30.0 Å². The van der Waals surface area contributed by atoms with Crippen LogP contribution in [0.4, 0.5) is 5.69 Å². The smallest absolute Gasteiger partial charge is 0.235 e. The number of benzene rings is 2. The maximum absolute atomic E-state index is 12.3. The first-order valence-corrected chi connectivity index (χ1v) is 9.16. The molecule has 7 nitrogen and oxygen atoms in total. The monoisotopic (exact) mass is 365 g/mol. The fourth-order valence-corrected chi connectivity index (χ4v) is 4.15. The van der Waals surface area contributed by atoms with Crippen LogP contribution in [0.5, 0.6) is 0 Å². The van der Waals surface area contributed by atoms with E-state index in [9.17, 15) is 14.7 Å². The van der Waals surface area contributed by atoms with Crippen molar-refractivity contribution in [1.29, 1.82) is 0 Å². The molecule has 2 fully saturated rings. The number of hydrogen-bond donors (Lipinski definition) is 2. The maximum Gasteiger partial charge on any atom is 0.235 e. The number of aliphatic hydroxyl groups is 1. The molecule has 7 heteroatoms. The van der Waals surface area contributed by atoms with E-state index in [4.69, 9.17) is 4.52 Å². The third kappa shape index (κ3) is 2.49. The lowest BCUT2D eigenvalue weighted by Crippen LogP contribution is -2.48. The average molecular weight is 365 g/mol. The van der Waals surface area contributed by atoms with E-state index in [-0.39, 0.29) is 18.4 Å². The zero-order chi connectivity index (χ0) is 18.5. The van der Waals surface area contributed by atoms with Crippen LogP contribution in [0.2, 0.25) is 0 Å². The van der Waals surface area contributed by atoms with Crippen molar-refractivity contribution in [2.45, 2.75) is 18.8 Å². The van der Waals surface area contributed by atoms with E-state index < -0.39 is 5.92 Å². The summed E-state index contributed by atoms with van der Waals surface area (Å²) in [5.41, 5.74) is 2.28. The van der Waals surface area contributed by atoms with Crippen LogP contribution in [0.1, 0.15) is 24.5 Å². The van der Waals surface area contributed by atoms with Crippen LogP contribution >= 0.6 is 0 Å². The van der Waals surface area contributed by atoms with Gasteiger partial charge in [0.15, 0.2) is 5.58 Å². The van der Waals surface area contributed by atoms with E-state index in [2.05, 4.69) is 21.4 Å². The van der Waals surface area contributed by atoms with Gasteiger partial charge in [-0.05, 0) is 11.8 Å². The molecule has 0 aliphatic carbocycles. The Morgan fingerprint density at radius 2 is 2.00 bits per heavy atom. The zero-order valence-corrected chi connectivity index (χ0v) is 14.6. The van der Waals surface area contributed by atoms with Gasteiger partial charge < -0.3 is 14.5 Å². The van der Waals surface area contributed by atoms with Gasteiger partial charge in [0.05, 0.1) is 11.3 Å². The normalized spacial score (nSPS) is 20.9. The molecule has 2 aliphatic rings. The van der Waals surface area contributed by atoms with Crippen molar-refractivity contribution in [3.63, 3.8) is 0 Å². The second-order valence-corrected chi connectivity index (χ2v) is 7.34. The van der Waals surface area contributed by atoms with Gasteiger partial charge in [0, 0.05) is 49.2 Å². The van der Waals surface area contributed by atoms with E-state index >= 15 is 0 Å². The summed E-state index contributed by atoms with van der Waals surface area (Å²) < 4.78 is 5.61. The van der Waals surface area contributed by atoms with Crippen LogP contribution in [0, 0.1) is 5.92 Å². The van der Waals surface area contributed by atoms with Gasteiger partial charge in [-0.25, -0.2) is 0 Å². The zero-order valence-electron chi connectivity index (χ0n) is 14.6. The van der Waals surface area contributed by atoms with Crippen molar-refractivity contribution in [2.75, 3.05) is 24.6 Å². The predicted octanol–water partition coefficient (Wildman–Crippen LogP) is 1.93. The average Bonchev–Trinajstić information content (AvgIpc) is 3.05. The number of aromatic nitrogens is 1. The minimum atomic E-state index is -0.485. The first-order valence-electron chi connectivity index (χ1n) is 9.16. The van der Waals surface area contributed by atoms with Crippen molar-refractivity contribution in [3.05, 3.63) is 36.0 Å². The molecule has 138 valence electrons. The lowest BCUT2D eigenvalue weighted by Gasteiger charge is -2.40. The highest BCUT2D eigenvalue weighted by Crippen LogP contribution is 2.40. The molecule has 2 saturated heterocycles. The van der Waals surface area contributed by atoms with Gasteiger partial charge in [0.25, 0.3) is 0 Å². The predicted molar refractivity (Wildman–Crippen MR) is 99.4 cm³/mol. The molecule has 0 spiro atoms. The number of imide groups is 1. The summed E-state index contributed by atoms with van der Waals surface area (Å²) in [4.78, 5) is 26.0. The molecular formula is C20H19N3O4. The van der Waals surface area contributed by atoms with Crippen molar-refractivity contribution in [1.82, 2.24) is 10.5 Å². The van der Waals surface area contributed by atoms with E-state index in [1.54, 1.807) is 0 Å². The molecule has 2 aromatic carbocycles. The lowest BCUT2D eigenvalue weighted by atomic mass is 9.90. The number of hydrogen-bond acceptors (Lipinski definition) is 6. The fourth-order valence-electron chi connectivity index (χ4n) is 4.15. The number of amides is 2. The van der Waals surface area contributed by atoms with Gasteiger partial charge >= 0.3 is 0 Å². The molecule has 2 amide bonds. The molecule has 3 heterocycles. The minimum absolute atomic E-state index is 0.193. The number of fused-ring (bicyclic) bond motifs is 3. The third-order valence-corrected chi connectivity index (χ3v) is 5.61. The number of nitrogens with zero attached hydrogens (tertiary/aromatic N) is 2. The number of carbonyl (C=O) groups is 2. The molecule has 2 aliphatic heterocycles. The Balaban J connectivity index is 1.65. The van der Waals surface area contributed by atoms with Gasteiger partial charge in [-0.15, -0.1) is 0 Å². The summed E-state index contributed by atoms with van der Waals surface area (Å²) in [6, 6.07) is 9.97. The van der Waals surface area contributed by atoms with Crippen LogP contribution < -0.4 is 10.2 Å². The van der Waals surface area contributed by atoms with Crippen LogP contribution in [0.3, 0.4) is 0 Å². The van der Waals surface area contributed by atoms with Crippen molar-refractivity contribution in [2.24, 2.45) is 5.92 Å². The number of aliphatic hydroxyl groups excluding tert-OH is 1. The molecular weight excluding hydrogens is 346 g/mol. The minimum Gasteiger partial charge on any atom is -0.396 e. The highest BCUT2D eigenvalue weighted by molar-refractivity contribution is 6.14. The topological polar surface area (TPSA) is 95.7 Å². The Morgan fingerprint density at radius 1 is 1.22 bits per heavy atom. The fraction of sp³-hybridized carbons (Fsp3) is 0.350. The van der Waals surface area contributed by atoms with Crippen LogP contribution in [0.25, 0.3) is 21.7 Å². The second-order valence-electron chi connectivity index (χ2n) is 7.34. The Hall–Kier alpha value is -2.93. The van der Waals surface area contributed by atoms with Crippen LogP contribution in [-0.2, 0) is 9.59 Å². The van der Waals surface area contributed by atoms with E-state index in [0.717, 1.165) is 34.9 Å². The van der Waals surface area contributed by atoms with Crippen molar-refractivity contribution < 1.29 is 19.2 Å². The van der Waals surface area contributed by atoms with Gasteiger partial charge in [-0.1, -0.05) is 29.4 Å².